The highest BCUT2D eigenvalue weighted by Crippen LogP contribution is 2.19. The first-order valence-corrected chi connectivity index (χ1v) is 9.17. The van der Waals surface area contributed by atoms with Crippen LogP contribution in [0.25, 0.3) is 0 Å². The summed E-state index contributed by atoms with van der Waals surface area (Å²) in [6, 6.07) is 1.80. The summed E-state index contributed by atoms with van der Waals surface area (Å²) >= 11 is 0. The minimum atomic E-state index is -3.50. The van der Waals surface area contributed by atoms with Gasteiger partial charge >= 0.3 is 0 Å². The average molecular weight is 331 g/mol. The van der Waals surface area contributed by atoms with Crippen LogP contribution in [-0.2, 0) is 27.9 Å². The van der Waals surface area contributed by atoms with Crippen LogP contribution in [0.2, 0.25) is 0 Å². The predicted molar refractivity (Wildman–Crippen MR) is 82.4 cm³/mol. The molecule has 0 aliphatic carbocycles. The molecule has 1 aliphatic heterocycles. The Kier molecular flexibility index (Phi) is 6.37. The molecule has 22 heavy (non-hydrogen) atoms. The minimum Gasteiger partial charge on any atom is -0.384 e. The van der Waals surface area contributed by atoms with Gasteiger partial charge in [0.1, 0.15) is 0 Å². The molecule has 1 aromatic heterocycles. The van der Waals surface area contributed by atoms with Crippen molar-refractivity contribution in [1.29, 1.82) is 0 Å². The predicted octanol–water partition coefficient (Wildman–Crippen LogP) is 1.32. The molecule has 8 heteroatoms. The zero-order chi connectivity index (χ0) is 16.0. The Balaban J connectivity index is 1.89. The van der Waals surface area contributed by atoms with Crippen molar-refractivity contribution in [3.8, 4) is 0 Å². The van der Waals surface area contributed by atoms with Crippen molar-refractivity contribution in [2.24, 2.45) is 5.92 Å². The molecule has 126 valence electrons. The molecule has 1 atom stereocenters. The van der Waals surface area contributed by atoms with Crippen molar-refractivity contribution >= 4 is 10.2 Å². The minimum absolute atomic E-state index is 0.129. The molecule has 2 heterocycles. The first-order valence-electron chi connectivity index (χ1n) is 7.73. The fourth-order valence-electron chi connectivity index (χ4n) is 2.68. The second-order valence-electron chi connectivity index (χ2n) is 5.68. The monoisotopic (exact) mass is 331 g/mol. The van der Waals surface area contributed by atoms with E-state index in [1.165, 1.54) is 4.31 Å². The number of methoxy groups -OCH3 is 1. The number of nitrogens with one attached hydrogen (secondary N) is 1. The van der Waals surface area contributed by atoms with Crippen molar-refractivity contribution in [3.05, 3.63) is 17.5 Å². The molecule has 0 bridgehead atoms. The van der Waals surface area contributed by atoms with Crippen LogP contribution in [0.3, 0.4) is 0 Å². The molecular weight excluding hydrogens is 306 g/mol. The molecule has 1 saturated heterocycles. The summed E-state index contributed by atoms with van der Waals surface area (Å²) in [4.78, 5) is 0. The second-order valence-corrected chi connectivity index (χ2v) is 7.44. The van der Waals surface area contributed by atoms with Crippen LogP contribution >= 0.6 is 0 Å². The lowest BCUT2D eigenvalue weighted by Crippen LogP contribution is -2.46. The third-order valence-electron chi connectivity index (χ3n) is 3.77. The number of aryl methyl sites for hydroxylation is 1. The van der Waals surface area contributed by atoms with Crippen molar-refractivity contribution in [2.75, 3.05) is 26.8 Å². The molecule has 0 spiro atoms. The van der Waals surface area contributed by atoms with Gasteiger partial charge in [0.15, 0.2) is 5.76 Å². The molecule has 1 fully saturated rings. The van der Waals surface area contributed by atoms with Crippen LogP contribution in [0, 0.1) is 5.92 Å². The van der Waals surface area contributed by atoms with Gasteiger partial charge < -0.3 is 9.26 Å². The molecule has 7 nitrogen and oxygen atoms in total. The Morgan fingerprint density at radius 3 is 3.09 bits per heavy atom. The quantitative estimate of drug-likeness (QED) is 0.776. The van der Waals surface area contributed by atoms with Gasteiger partial charge in [-0.05, 0) is 25.2 Å². The summed E-state index contributed by atoms with van der Waals surface area (Å²) in [5.74, 6) is 0.800. The number of rotatable bonds is 8. The lowest BCUT2D eigenvalue weighted by Gasteiger charge is -2.31. The Morgan fingerprint density at radius 1 is 1.55 bits per heavy atom. The highest BCUT2D eigenvalue weighted by Gasteiger charge is 2.28. The summed E-state index contributed by atoms with van der Waals surface area (Å²) in [6.45, 7) is 3.83. The Hall–Kier alpha value is -0.960. The molecular formula is C14H25N3O4S. The summed E-state index contributed by atoms with van der Waals surface area (Å²) in [6.07, 6.45) is 3.67. The number of nitrogens with zero attached hydrogens (tertiary/aromatic N) is 2. The number of hydrogen-bond donors (Lipinski definition) is 1. The maximum atomic E-state index is 12.4. The molecule has 1 N–H and O–H groups in total. The first kappa shape index (κ1) is 17.4. The van der Waals surface area contributed by atoms with Crippen LogP contribution in [-0.4, -0.2) is 44.7 Å². The van der Waals surface area contributed by atoms with Gasteiger partial charge in [-0.1, -0.05) is 18.5 Å². The van der Waals surface area contributed by atoms with E-state index in [0.717, 1.165) is 31.4 Å². The fourth-order valence-corrected chi connectivity index (χ4v) is 3.97. The van der Waals surface area contributed by atoms with E-state index in [1.54, 1.807) is 13.2 Å². The van der Waals surface area contributed by atoms with E-state index in [1.807, 2.05) is 0 Å². The molecule has 0 saturated carbocycles. The third kappa shape index (κ3) is 4.77. The molecule has 1 aromatic rings. The first-order chi connectivity index (χ1) is 10.5. The summed E-state index contributed by atoms with van der Waals surface area (Å²) in [7, 11) is -1.85. The molecule has 0 amide bonds. The molecule has 2 rings (SSSR count). The fraction of sp³-hybridized carbons (Fsp3) is 0.786. The molecule has 0 aromatic carbocycles. The third-order valence-corrected chi connectivity index (χ3v) is 5.29. The van der Waals surface area contributed by atoms with Crippen molar-refractivity contribution in [2.45, 2.75) is 39.2 Å². The highest BCUT2D eigenvalue weighted by molar-refractivity contribution is 7.87. The zero-order valence-electron chi connectivity index (χ0n) is 13.2. The van der Waals surface area contributed by atoms with Gasteiger partial charge in [0.2, 0.25) is 0 Å². The Bertz CT molecular complexity index is 556. The summed E-state index contributed by atoms with van der Waals surface area (Å²) in [5, 5.41) is 3.92. The summed E-state index contributed by atoms with van der Waals surface area (Å²) in [5.41, 5.74) is 0.856. The molecule has 1 aliphatic rings. The van der Waals surface area contributed by atoms with E-state index in [4.69, 9.17) is 9.26 Å². The second kappa shape index (κ2) is 8.05. The van der Waals surface area contributed by atoms with E-state index >= 15 is 0 Å². The van der Waals surface area contributed by atoms with Gasteiger partial charge in [-0.25, -0.2) is 0 Å². The number of ether oxygens (including phenoxy) is 1. The average Bonchev–Trinajstić information content (AvgIpc) is 2.94. The van der Waals surface area contributed by atoms with Crippen LogP contribution in [0.4, 0.5) is 0 Å². The lowest BCUT2D eigenvalue weighted by molar-refractivity contribution is 0.118. The largest absolute Gasteiger partial charge is 0.384 e. The molecule has 0 radical (unpaired) electrons. The van der Waals surface area contributed by atoms with Crippen molar-refractivity contribution in [3.63, 3.8) is 0 Å². The highest BCUT2D eigenvalue weighted by atomic mass is 32.2. The SMILES string of the molecule is CCCc1cc(CNS(=O)(=O)N2CCCC(COC)C2)on1. The number of aromatic nitrogens is 1. The van der Waals surface area contributed by atoms with Crippen molar-refractivity contribution in [1.82, 2.24) is 14.2 Å². The number of piperidine rings is 1. The molecule has 1 unspecified atom stereocenters. The summed E-state index contributed by atoms with van der Waals surface area (Å²) < 4.78 is 39.1. The zero-order valence-corrected chi connectivity index (χ0v) is 14.1. The maximum absolute atomic E-state index is 12.4. The van der Waals surface area contributed by atoms with Gasteiger partial charge in [-0.3, -0.25) is 0 Å². The standard InChI is InChI=1S/C14H25N3O4S/c1-3-5-13-8-14(21-16-13)9-15-22(18,19)17-7-4-6-12(10-17)11-20-2/h8,12,15H,3-7,9-11H2,1-2H3. The van der Waals surface area contributed by atoms with Crippen LogP contribution in [0.1, 0.15) is 37.6 Å². The lowest BCUT2D eigenvalue weighted by atomic mass is 10.0. The van der Waals surface area contributed by atoms with Gasteiger partial charge in [-0.15, -0.1) is 0 Å². The van der Waals surface area contributed by atoms with E-state index in [2.05, 4.69) is 16.8 Å². The maximum Gasteiger partial charge on any atom is 0.279 e. The van der Waals surface area contributed by atoms with Crippen LogP contribution in [0.5, 0.6) is 0 Å². The normalized spacial score (nSPS) is 20.4. The van der Waals surface area contributed by atoms with Crippen molar-refractivity contribution < 1.29 is 17.7 Å². The van der Waals surface area contributed by atoms with E-state index in [0.29, 0.717) is 25.5 Å². The number of hydrogen-bond acceptors (Lipinski definition) is 5. The Morgan fingerprint density at radius 2 is 2.36 bits per heavy atom. The van der Waals surface area contributed by atoms with Gasteiger partial charge in [0, 0.05) is 26.3 Å². The Labute approximate surface area is 132 Å². The van der Waals surface area contributed by atoms with Gasteiger partial charge in [0.05, 0.1) is 18.8 Å². The smallest absolute Gasteiger partial charge is 0.279 e. The van der Waals surface area contributed by atoms with Crippen LogP contribution < -0.4 is 4.72 Å². The van der Waals surface area contributed by atoms with Crippen LogP contribution in [0.15, 0.2) is 10.6 Å². The van der Waals surface area contributed by atoms with E-state index in [-0.39, 0.29) is 12.5 Å². The van der Waals surface area contributed by atoms with Gasteiger partial charge in [-0.2, -0.15) is 17.4 Å². The van der Waals surface area contributed by atoms with Gasteiger partial charge in [0.25, 0.3) is 10.2 Å². The van der Waals surface area contributed by atoms with E-state index < -0.39 is 10.2 Å². The topological polar surface area (TPSA) is 84.7 Å². The van der Waals surface area contributed by atoms with E-state index in [9.17, 15) is 8.42 Å².